The van der Waals surface area contributed by atoms with Gasteiger partial charge in [0.1, 0.15) is 0 Å². The molecule has 3 heteroatoms. The predicted molar refractivity (Wildman–Crippen MR) is 31.4 cm³/mol. The Hall–Kier alpha value is -0.570. The van der Waals surface area contributed by atoms with Gasteiger partial charge in [-0.1, -0.05) is 13.8 Å². The van der Waals surface area contributed by atoms with Crippen LogP contribution in [0.2, 0.25) is 0 Å². The zero-order chi connectivity index (χ0) is 6.73. The quantitative estimate of drug-likeness (QED) is 0.483. The van der Waals surface area contributed by atoms with Gasteiger partial charge in [0.15, 0.2) is 6.04 Å². The van der Waals surface area contributed by atoms with Crippen molar-refractivity contribution in [1.29, 1.82) is 0 Å². The summed E-state index contributed by atoms with van der Waals surface area (Å²) >= 11 is 0. The fraction of sp³-hybridized carbons (Fsp3) is 0.800. The van der Waals surface area contributed by atoms with Gasteiger partial charge < -0.3 is 10.8 Å². The van der Waals surface area contributed by atoms with Crippen LogP contribution in [-0.2, 0) is 4.79 Å². The van der Waals surface area contributed by atoms with Crippen LogP contribution >= 0.6 is 0 Å². The predicted octanol–water partition coefficient (Wildman–Crippen LogP) is -0.779. The number of carbonyl (C=O) groups excluding carboxylic acids is 1. The van der Waals surface area contributed by atoms with Crippen LogP contribution in [0.1, 0.15) is 13.8 Å². The molecule has 1 atom stereocenters. The summed E-state index contributed by atoms with van der Waals surface area (Å²) in [5.74, 6) is -0.597. The Labute approximate surface area is 48.5 Å². The van der Waals surface area contributed by atoms with Gasteiger partial charge >= 0.3 is 5.97 Å². The van der Waals surface area contributed by atoms with Gasteiger partial charge in [-0.05, 0) is 5.92 Å². The Bertz CT molecular complexity index is 90.4. The molecular weight excluding hydrogens is 106 g/mol. The van der Waals surface area contributed by atoms with E-state index in [1.807, 2.05) is 13.8 Å². The summed E-state index contributed by atoms with van der Waals surface area (Å²) in [4.78, 5) is 10.1. The first kappa shape index (κ1) is 7.43. The molecule has 0 aliphatic heterocycles. The van der Waals surface area contributed by atoms with Gasteiger partial charge in [-0.15, -0.1) is 0 Å². The minimum Gasteiger partial charge on any atom is -0.564 e. The van der Waals surface area contributed by atoms with Crippen LogP contribution in [0.4, 0.5) is 0 Å². The summed E-state index contributed by atoms with van der Waals surface area (Å²) in [5.41, 5.74) is 5.22. The minimum atomic E-state index is -0.681. The van der Waals surface area contributed by atoms with Crippen molar-refractivity contribution in [2.75, 3.05) is 0 Å². The fourth-order valence-corrected chi connectivity index (χ4v) is 0.303. The standard InChI is InChI=1S/C5H11NO2/c1-3(2)4(6)5(7)8/h3-4H,6H2,1-2H3,(H,7,8)/p+1/t4-/m0/s1. The molecule has 0 unspecified atom stereocenters. The van der Waals surface area contributed by atoms with E-state index in [1.165, 1.54) is 0 Å². The van der Waals surface area contributed by atoms with Crippen LogP contribution in [0.5, 0.6) is 0 Å². The van der Waals surface area contributed by atoms with Gasteiger partial charge in [-0.3, -0.25) is 0 Å². The van der Waals surface area contributed by atoms with E-state index in [0.29, 0.717) is 0 Å². The van der Waals surface area contributed by atoms with Crippen molar-refractivity contribution in [2.24, 2.45) is 11.7 Å². The van der Waals surface area contributed by atoms with Crippen LogP contribution in [0.3, 0.4) is 0 Å². The molecule has 0 aromatic carbocycles. The van der Waals surface area contributed by atoms with Crippen molar-refractivity contribution in [3.8, 4) is 0 Å². The monoisotopic (exact) mass is 118 g/mol. The molecule has 0 amide bonds. The molecule has 4 N–H and O–H groups in total. The molecule has 0 aliphatic carbocycles. The highest BCUT2D eigenvalue weighted by Gasteiger charge is 2.22. The molecule has 0 fully saturated rings. The van der Waals surface area contributed by atoms with Crippen molar-refractivity contribution >= 4 is 5.97 Å². The second kappa shape index (κ2) is 2.67. The van der Waals surface area contributed by atoms with Crippen molar-refractivity contribution in [2.45, 2.75) is 19.9 Å². The summed E-state index contributed by atoms with van der Waals surface area (Å²) in [5, 5.41) is 6.55. The first-order valence-electron chi connectivity index (χ1n) is 2.56. The summed E-state index contributed by atoms with van der Waals surface area (Å²) in [7, 11) is 0. The molecular formula is C5H12NO2+. The lowest BCUT2D eigenvalue weighted by Gasteiger charge is -2.03. The number of hydrogen-bond acceptors (Lipinski definition) is 2. The Balaban J connectivity index is 3.64. The third-order valence-electron chi connectivity index (χ3n) is 1.02. The molecule has 3 nitrogen and oxygen atoms in total. The second-order valence-corrected chi connectivity index (χ2v) is 2.13. The molecule has 0 bridgehead atoms. The zero-order valence-corrected chi connectivity index (χ0v) is 5.14. The highest BCUT2D eigenvalue weighted by atomic mass is 16.4. The molecule has 0 aromatic rings. The van der Waals surface area contributed by atoms with Crippen LogP contribution < -0.4 is 5.73 Å². The topological polar surface area (TPSA) is 66.0 Å². The van der Waals surface area contributed by atoms with Crippen molar-refractivity contribution < 1.29 is 9.90 Å². The number of nitrogens with two attached hydrogens (primary N) is 1. The molecule has 0 radical (unpaired) electrons. The van der Waals surface area contributed by atoms with Gasteiger partial charge in [0, 0.05) is 4.79 Å². The third-order valence-corrected chi connectivity index (χ3v) is 1.02. The van der Waals surface area contributed by atoms with Gasteiger partial charge in [-0.25, -0.2) is 0 Å². The van der Waals surface area contributed by atoms with Crippen LogP contribution in [0.25, 0.3) is 0 Å². The van der Waals surface area contributed by atoms with Crippen molar-refractivity contribution in [3.05, 3.63) is 0 Å². The minimum absolute atomic E-state index is 0.0833. The molecule has 8 heavy (non-hydrogen) atoms. The van der Waals surface area contributed by atoms with Crippen molar-refractivity contribution in [3.63, 3.8) is 0 Å². The maximum absolute atomic E-state index is 10.1. The zero-order valence-electron chi connectivity index (χ0n) is 5.14. The first-order valence-corrected chi connectivity index (χ1v) is 2.56. The summed E-state index contributed by atoms with van der Waals surface area (Å²) in [6.45, 7) is 3.63. The highest BCUT2D eigenvalue weighted by Crippen LogP contribution is 1.96. The van der Waals surface area contributed by atoms with E-state index in [2.05, 4.69) is 0 Å². The molecule has 0 saturated carbocycles. The second-order valence-electron chi connectivity index (χ2n) is 2.13. The summed E-state index contributed by atoms with van der Waals surface area (Å²) in [6.07, 6.45) is 0. The lowest BCUT2D eigenvalue weighted by Crippen LogP contribution is -2.34. The van der Waals surface area contributed by atoms with E-state index in [0.717, 1.165) is 0 Å². The Morgan fingerprint density at radius 1 is 1.62 bits per heavy atom. The largest absolute Gasteiger partial charge is 0.564 e. The van der Waals surface area contributed by atoms with E-state index < -0.39 is 12.0 Å². The van der Waals surface area contributed by atoms with E-state index in [4.69, 9.17) is 10.8 Å². The van der Waals surface area contributed by atoms with E-state index in [1.54, 1.807) is 0 Å². The van der Waals surface area contributed by atoms with E-state index >= 15 is 0 Å². The lowest BCUT2D eigenvalue weighted by atomic mass is 10.1. The molecule has 48 valence electrons. The highest BCUT2D eigenvalue weighted by molar-refractivity contribution is 5.73. The molecule has 0 rings (SSSR count). The molecule has 0 aromatic heterocycles. The van der Waals surface area contributed by atoms with Gasteiger partial charge in [0.05, 0.1) is 0 Å². The molecule has 0 spiro atoms. The van der Waals surface area contributed by atoms with E-state index in [9.17, 15) is 4.79 Å². The maximum Gasteiger partial charge on any atom is 0.533 e. The molecule has 0 saturated heterocycles. The van der Waals surface area contributed by atoms with Crippen LogP contribution in [0.15, 0.2) is 0 Å². The Kier molecular flexibility index (Phi) is 2.48. The van der Waals surface area contributed by atoms with Crippen LogP contribution in [0, 0.1) is 5.92 Å². The Morgan fingerprint density at radius 3 is 2.00 bits per heavy atom. The number of carbonyl (C=O) groups is 1. The maximum atomic E-state index is 10.1. The lowest BCUT2D eigenvalue weighted by molar-refractivity contribution is -0.139. The number of hydrogen-bond donors (Lipinski definition) is 1. The van der Waals surface area contributed by atoms with Gasteiger partial charge in [0.25, 0.3) is 0 Å². The van der Waals surface area contributed by atoms with Gasteiger partial charge in [-0.2, -0.15) is 0 Å². The Morgan fingerprint density at radius 2 is 2.00 bits per heavy atom. The SMILES string of the molecule is CC(C)[C@H](N)C(=O)[OH2+]. The number of rotatable bonds is 2. The smallest absolute Gasteiger partial charge is 0.533 e. The summed E-state index contributed by atoms with van der Waals surface area (Å²) in [6, 6.07) is -0.602. The van der Waals surface area contributed by atoms with Crippen molar-refractivity contribution in [1.82, 2.24) is 0 Å². The third kappa shape index (κ3) is 1.93. The first-order chi connectivity index (χ1) is 3.55. The summed E-state index contributed by atoms with van der Waals surface area (Å²) < 4.78 is 0. The average molecular weight is 118 g/mol. The average Bonchev–Trinajstić information content (AvgIpc) is 1.64. The fourth-order valence-electron chi connectivity index (χ4n) is 0.303. The van der Waals surface area contributed by atoms with Crippen LogP contribution in [-0.4, -0.2) is 17.1 Å². The molecule has 0 heterocycles. The normalized spacial score (nSPS) is 14.0. The molecule has 0 aliphatic rings. The van der Waals surface area contributed by atoms with E-state index in [-0.39, 0.29) is 5.92 Å². The van der Waals surface area contributed by atoms with Gasteiger partial charge in [0.2, 0.25) is 0 Å².